The SMILES string of the molecule is CC(=O)Nc1cccc(C(C)Nc2ccc(CCO)cc2)c1. The number of aliphatic hydroxyl groups excluding tert-OH is 1. The van der Waals surface area contributed by atoms with Crippen molar-refractivity contribution in [1.29, 1.82) is 0 Å². The van der Waals surface area contributed by atoms with E-state index >= 15 is 0 Å². The first kappa shape index (κ1) is 16.0. The molecule has 4 nitrogen and oxygen atoms in total. The molecule has 2 aromatic carbocycles. The molecule has 0 aliphatic heterocycles. The Balaban J connectivity index is 2.04. The highest BCUT2D eigenvalue weighted by Crippen LogP contribution is 2.22. The molecule has 1 atom stereocenters. The quantitative estimate of drug-likeness (QED) is 0.766. The Labute approximate surface area is 131 Å². The molecule has 2 aromatic rings. The molecule has 1 amide bonds. The lowest BCUT2D eigenvalue weighted by molar-refractivity contribution is -0.114. The van der Waals surface area contributed by atoms with Gasteiger partial charge in [0.15, 0.2) is 0 Å². The number of hydrogen-bond acceptors (Lipinski definition) is 3. The van der Waals surface area contributed by atoms with E-state index in [0.29, 0.717) is 6.42 Å². The van der Waals surface area contributed by atoms with Gasteiger partial charge in [-0.3, -0.25) is 4.79 Å². The summed E-state index contributed by atoms with van der Waals surface area (Å²) in [6, 6.07) is 16.0. The first-order chi connectivity index (χ1) is 10.6. The van der Waals surface area contributed by atoms with E-state index in [9.17, 15) is 4.79 Å². The molecule has 1 unspecified atom stereocenters. The largest absolute Gasteiger partial charge is 0.396 e. The van der Waals surface area contributed by atoms with E-state index in [4.69, 9.17) is 5.11 Å². The molecule has 0 saturated carbocycles. The lowest BCUT2D eigenvalue weighted by Crippen LogP contribution is -2.09. The van der Waals surface area contributed by atoms with Gasteiger partial charge in [0.1, 0.15) is 0 Å². The van der Waals surface area contributed by atoms with Crippen LogP contribution in [0.2, 0.25) is 0 Å². The van der Waals surface area contributed by atoms with E-state index in [1.807, 2.05) is 48.5 Å². The summed E-state index contributed by atoms with van der Waals surface area (Å²) in [5.74, 6) is -0.0720. The number of benzene rings is 2. The van der Waals surface area contributed by atoms with Crippen LogP contribution in [0.4, 0.5) is 11.4 Å². The first-order valence-corrected chi connectivity index (χ1v) is 7.42. The lowest BCUT2D eigenvalue weighted by atomic mass is 10.1. The zero-order valence-corrected chi connectivity index (χ0v) is 13.0. The summed E-state index contributed by atoms with van der Waals surface area (Å²) in [6.07, 6.45) is 0.675. The van der Waals surface area contributed by atoms with Crippen LogP contribution >= 0.6 is 0 Å². The fourth-order valence-corrected chi connectivity index (χ4v) is 2.32. The summed E-state index contributed by atoms with van der Waals surface area (Å²) in [7, 11) is 0. The van der Waals surface area contributed by atoms with Gasteiger partial charge in [-0.15, -0.1) is 0 Å². The van der Waals surface area contributed by atoms with Crippen LogP contribution in [0.3, 0.4) is 0 Å². The zero-order valence-electron chi connectivity index (χ0n) is 13.0. The highest BCUT2D eigenvalue weighted by atomic mass is 16.2. The minimum Gasteiger partial charge on any atom is -0.396 e. The number of aliphatic hydroxyl groups is 1. The maximum absolute atomic E-state index is 11.1. The molecule has 2 rings (SSSR count). The maximum atomic E-state index is 11.1. The van der Waals surface area contributed by atoms with Crippen molar-refractivity contribution in [1.82, 2.24) is 0 Å². The molecule has 0 aliphatic carbocycles. The third-order valence-corrected chi connectivity index (χ3v) is 3.44. The third-order valence-electron chi connectivity index (χ3n) is 3.44. The molecule has 0 heterocycles. The smallest absolute Gasteiger partial charge is 0.221 e. The van der Waals surface area contributed by atoms with Crippen molar-refractivity contribution in [3.05, 3.63) is 59.7 Å². The van der Waals surface area contributed by atoms with Gasteiger partial charge in [-0.25, -0.2) is 0 Å². The van der Waals surface area contributed by atoms with Gasteiger partial charge >= 0.3 is 0 Å². The van der Waals surface area contributed by atoms with Gasteiger partial charge in [0.25, 0.3) is 0 Å². The highest BCUT2D eigenvalue weighted by molar-refractivity contribution is 5.88. The van der Waals surface area contributed by atoms with Crippen molar-refractivity contribution in [3.63, 3.8) is 0 Å². The fraction of sp³-hybridized carbons (Fsp3) is 0.278. The van der Waals surface area contributed by atoms with E-state index in [2.05, 4.69) is 17.6 Å². The summed E-state index contributed by atoms with van der Waals surface area (Å²) in [5, 5.41) is 15.2. The standard InChI is InChI=1S/C18H22N2O2/c1-13(16-4-3-5-18(12-16)20-14(2)22)19-17-8-6-15(7-9-17)10-11-21/h3-9,12-13,19,21H,10-11H2,1-2H3,(H,20,22). The zero-order chi connectivity index (χ0) is 15.9. The highest BCUT2D eigenvalue weighted by Gasteiger charge is 2.06. The summed E-state index contributed by atoms with van der Waals surface area (Å²) < 4.78 is 0. The number of rotatable bonds is 6. The summed E-state index contributed by atoms with van der Waals surface area (Å²) >= 11 is 0. The Morgan fingerprint density at radius 3 is 2.50 bits per heavy atom. The van der Waals surface area contributed by atoms with Crippen LogP contribution in [0.15, 0.2) is 48.5 Å². The molecular formula is C18H22N2O2. The van der Waals surface area contributed by atoms with Gasteiger partial charge < -0.3 is 15.7 Å². The van der Waals surface area contributed by atoms with Crippen molar-refractivity contribution in [2.45, 2.75) is 26.3 Å². The molecule has 0 spiro atoms. The molecule has 0 bridgehead atoms. The molecule has 4 heteroatoms. The van der Waals surface area contributed by atoms with Crippen molar-refractivity contribution < 1.29 is 9.90 Å². The van der Waals surface area contributed by atoms with E-state index < -0.39 is 0 Å². The second-order valence-corrected chi connectivity index (χ2v) is 5.34. The van der Waals surface area contributed by atoms with Crippen LogP contribution in [0.25, 0.3) is 0 Å². The van der Waals surface area contributed by atoms with Crippen LogP contribution in [0.1, 0.15) is 31.0 Å². The average molecular weight is 298 g/mol. The van der Waals surface area contributed by atoms with Gasteiger partial charge in [-0.1, -0.05) is 24.3 Å². The normalized spacial score (nSPS) is 11.8. The predicted octanol–water partition coefficient (Wildman–Crippen LogP) is 3.35. The van der Waals surface area contributed by atoms with E-state index in [0.717, 1.165) is 22.5 Å². The van der Waals surface area contributed by atoms with E-state index in [1.165, 1.54) is 6.92 Å². The van der Waals surface area contributed by atoms with Gasteiger partial charge in [-0.05, 0) is 48.7 Å². The molecule has 116 valence electrons. The van der Waals surface area contributed by atoms with Crippen LogP contribution in [0.5, 0.6) is 0 Å². The van der Waals surface area contributed by atoms with Crippen LogP contribution in [0, 0.1) is 0 Å². The topological polar surface area (TPSA) is 61.4 Å². The molecule has 0 aliphatic rings. The number of carbonyl (C=O) groups excluding carboxylic acids is 1. The second kappa shape index (κ2) is 7.61. The summed E-state index contributed by atoms with van der Waals surface area (Å²) in [6.45, 7) is 3.75. The number of amides is 1. The Hall–Kier alpha value is -2.33. The number of hydrogen-bond donors (Lipinski definition) is 3. The number of anilines is 2. The summed E-state index contributed by atoms with van der Waals surface area (Å²) in [4.78, 5) is 11.1. The fourth-order valence-electron chi connectivity index (χ4n) is 2.32. The van der Waals surface area contributed by atoms with Crippen molar-refractivity contribution in [3.8, 4) is 0 Å². The lowest BCUT2D eigenvalue weighted by Gasteiger charge is -2.17. The molecular weight excluding hydrogens is 276 g/mol. The Bertz CT molecular complexity index is 623. The molecule has 22 heavy (non-hydrogen) atoms. The molecule has 3 N–H and O–H groups in total. The minimum atomic E-state index is -0.0720. The van der Waals surface area contributed by atoms with Gasteiger partial charge in [0.2, 0.25) is 5.91 Å². The Morgan fingerprint density at radius 1 is 1.14 bits per heavy atom. The van der Waals surface area contributed by atoms with Crippen molar-refractivity contribution >= 4 is 17.3 Å². The second-order valence-electron chi connectivity index (χ2n) is 5.34. The Kier molecular flexibility index (Phi) is 5.55. The average Bonchev–Trinajstić information content (AvgIpc) is 2.49. The molecule has 0 radical (unpaired) electrons. The third kappa shape index (κ3) is 4.60. The number of nitrogens with one attached hydrogen (secondary N) is 2. The maximum Gasteiger partial charge on any atom is 0.221 e. The van der Waals surface area contributed by atoms with Crippen LogP contribution in [-0.2, 0) is 11.2 Å². The van der Waals surface area contributed by atoms with E-state index in [1.54, 1.807) is 0 Å². The molecule has 0 saturated heterocycles. The van der Waals surface area contributed by atoms with Gasteiger partial charge in [0, 0.05) is 30.9 Å². The van der Waals surface area contributed by atoms with Crippen LogP contribution in [-0.4, -0.2) is 17.6 Å². The minimum absolute atomic E-state index is 0.0720. The van der Waals surface area contributed by atoms with Crippen LogP contribution < -0.4 is 10.6 Å². The van der Waals surface area contributed by atoms with Gasteiger partial charge in [-0.2, -0.15) is 0 Å². The molecule has 0 aromatic heterocycles. The predicted molar refractivity (Wildman–Crippen MR) is 90.0 cm³/mol. The Morgan fingerprint density at radius 2 is 1.86 bits per heavy atom. The van der Waals surface area contributed by atoms with Crippen molar-refractivity contribution in [2.75, 3.05) is 17.2 Å². The van der Waals surface area contributed by atoms with Crippen molar-refractivity contribution in [2.24, 2.45) is 0 Å². The number of carbonyl (C=O) groups is 1. The van der Waals surface area contributed by atoms with E-state index in [-0.39, 0.29) is 18.6 Å². The monoisotopic (exact) mass is 298 g/mol. The molecule has 0 fully saturated rings. The summed E-state index contributed by atoms with van der Waals surface area (Å²) in [5.41, 5.74) is 4.05. The van der Waals surface area contributed by atoms with Gasteiger partial charge in [0.05, 0.1) is 0 Å². The first-order valence-electron chi connectivity index (χ1n) is 7.42.